The van der Waals surface area contributed by atoms with Crippen molar-refractivity contribution in [1.29, 1.82) is 0 Å². The zero-order valence-electron chi connectivity index (χ0n) is 10.5. The number of para-hydroxylation sites is 1. The Hall–Kier alpha value is -2.16. The summed E-state index contributed by atoms with van der Waals surface area (Å²) in [5.74, 6) is 0. The number of hydrogen-bond donors (Lipinski definition) is 1. The maximum atomic E-state index is 13.3. The summed E-state index contributed by atoms with van der Waals surface area (Å²) < 4.78 is 26.7. The Bertz CT molecular complexity index is 711. The van der Waals surface area contributed by atoms with Crippen LogP contribution in [-0.2, 0) is 0 Å². The number of benzene rings is 2. The third-order valence-corrected chi connectivity index (χ3v) is 3.30. The number of fused-ring (bicyclic) bond motifs is 1. The number of halogens is 2. The minimum absolute atomic E-state index is 0.0828. The number of aryl methyl sites for hydroxylation is 1. The summed E-state index contributed by atoms with van der Waals surface area (Å²) in [7, 11) is 0. The Balaban J connectivity index is 2.28. The highest BCUT2D eigenvalue weighted by molar-refractivity contribution is 5.91. The Morgan fingerprint density at radius 1 is 0.947 bits per heavy atom. The van der Waals surface area contributed by atoms with E-state index in [1.807, 2.05) is 43.3 Å². The van der Waals surface area contributed by atoms with Gasteiger partial charge in [0.2, 0.25) is 0 Å². The number of aromatic amines is 1. The van der Waals surface area contributed by atoms with Gasteiger partial charge in [0.05, 0.1) is 11.3 Å². The third kappa shape index (κ3) is 2.01. The lowest BCUT2D eigenvalue weighted by Crippen LogP contribution is -1.87. The summed E-state index contributed by atoms with van der Waals surface area (Å²) in [6, 6.07) is 14.8. The van der Waals surface area contributed by atoms with Gasteiger partial charge in [0.1, 0.15) is 0 Å². The molecule has 0 spiro atoms. The molecule has 2 aromatic carbocycles. The summed E-state index contributed by atoms with van der Waals surface area (Å²) in [5, 5.41) is 0.591. The fourth-order valence-electron chi connectivity index (χ4n) is 2.34. The molecule has 0 saturated carbocycles. The van der Waals surface area contributed by atoms with Gasteiger partial charge in [-0.05, 0) is 18.6 Å². The first-order valence-electron chi connectivity index (χ1n) is 6.12. The maximum Gasteiger partial charge on any atom is 0.266 e. The van der Waals surface area contributed by atoms with E-state index in [4.69, 9.17) is 0 Å². The molecule has 0 fully saturated rings. The molecule has 3 heteroatoms. The lowest BCUT2D eigenvalue weighted by atomic mass is 10.0. The molecular formula is C16H13F2N. The van der Waals surface area contributed by atoms with E-state index in [9.17, 15) is 8.78 Å². The molecule has 0 amide bonds. The summed E-state index contributed by atoms with van der Waals surface area (Å²) in [6.45, 7) is 1.98. The molecule has 1 aromatic heterocycles. The first-order valence-corrected chi connectivity index (χ1v) is 6.12. The van der Waals surface area contributed by atoms with Gasteiger partial charge in [-0.2, -0.15) is 0 Å². The van der Waals surface area contributed by atoms with Crippen molar-refractivity contribution in [2.24, 2.45) is 0 Å². The zero-order valence-corrected chi connectivity index (χ0v) is 10.5. The van der Waals surface area contributed by atoms with Crippen LogP contribution >= 0.6 is 0 Å². The quantitative estimate of drug-likeness (QED) is 0.658. The molecule has 96 valence electrons. The van der Waals surface area contributed by atoms with Gasteiger partial charge in [-0.25, -0.2) is 8.78 Å². The molecule has 1 nitrogen and oxygen atoms in total. The zero-order chi connectivity index (χ0) is 13.4. The van der Waals surface area contributed by atoms with Crippen molar-refractivity contribution in [3.05, 3.63) is 59.7 Å². The molecule has 1 N–H and O–H groups in total. The van der Waals surface area contributed by atoms with Gasteiger partial charge >= 0.3 is 0 Å². The van der Waals surface area contributed by atoms with Crippen molar-refractivity contribution in [2.45, 2.75) is 13.3 Å². The topological polar surface area (TPSA) is 15.8 Å². The molecule has 0 radical (unpaired) electrons. The number of rotatable bonds is 2. The van der Waals surface area contributed by atoms with Gasteiger partial charge in [0.25, 0.3) is 6.43 Å². The van der Waals surface area contributed by atoms with Crippen LogP contribution in [0.3, 0.4) is 0 Å². The van der Waals surface area contributed by atoms with Crippen LogP contribution in [0.25, 0.3) is 22.2 Å². The largest absolute Gasteiger partial charge is 0.354 e. The van der Waals surface area contributed by atoms with E-state index in [2.05, 4.69) is 4.98 Å². The van der Waals surface area contributed by atoms with Gasteiger partial charge in [-0.1, -0.05) is 48.0 Å². The van der Waals surface area contributed by atoms with Crippen LogP contribution in [-0.4, -0.2) is 4.98 Å². The van der Waals surface area contributed by atoms with Gasteiger partial charge < -0.3 is 4.98 Å². The van der Waals surface area contributed by atoms with Gasteiger partial charge in [0.15, 0.2) is 0 Å². The lowest BCUT2D eigenvalue weighted by molar-refractivity contribution is 0.154. The molecule has 0 aliphatic rings. The fraction of sp³-hybridized carbons (Fsp3) is 0.125. The van der Waals surface area contributed by atoms with Crippen molar-refractivity contribution in [3.63, 3.8) is 0 Å². The average Bonchev–Trinajstić information content (AvgIpc) is 2.78. The molecular weight excluding hydrogens is 244 g/mol. The minimum atomic E-state index is -2.49. The van der Waals surface area contributed by atoms with Crippen molar-refractivity contribution >= 4 is 10.9 Å². The maximum absolute atomic E-state index is 13.3. The van der Waals surface area contributed by atoms with Gasteiger partial charge in [0, 0.05) is 10.9 Å². The minimum Gasteiger partial charge on any atom is -0.354 e. The number of alkyl halides is 2. The predicted octanol–water partition coefficient (Wildman–Crippen LogP) is 5.08. The molecule has 0 aliphatic heterocycles. The van der Waals surface area contributed by atoms with Gasteiger partial charge in [-0.15, -0.1) is 0 Å². The highest BCUT2D eigenvalue weighted by atomic mass is 19.3. The van der Waals surface area contributed by atoms with Crippen LogP contribution < -0.4 is 0 Å². The van der Waals surface area contributed by atoms with Crippen LogP contribution in [0.2, 0.25) is 0 Å². The highest BCUT2D eigenvalue weighted by Crippen LogP contribution is 2.36. The van der Waals surface area contributed by atoms with Crippen LogP contribution in [0.1, 0.15) is 17.6 Å². The SMILES string of the molecule is Cc1ccc(-c2[nH]c3ccccc3c2C(F)F)cc1. The average molecular weight is 257 g/mol. The molecule has 3 aromatic rings. The van der Waals surface area contributed by atoms with Crippen molar-refractivity contribution < 1.29 is 8.78 Å². The normalized spacial score (nSPS) is 11.4. The van der Waals surface area contributed by atoms with Crippen LogP contribution in [0.4, 0.5) is 8.78 Å². The molecule has 1 heterocycles. The molecule has 19 heavy (non-hydrogen) atoms. The summed E-state index contributed by atoms with van der Waals surface area (Å²) in [5.41, 5.74) is 3.24. The third-order valence-electron chi connectivity index (χ3n) is 3.30. The summed E-state index contributed by atoms with van der Waals surface area (Å²) in [6.07, 6.45) is -2.49. The van der Waals surface area contributed by atoms with Crippen molar-refractivity contribution in [3.8, 4) is 11.3 Å². The van der Waals surface area contributed by atoms with Gasteiger partial charge in [-0.3, -0.25) is 0 Å². The van der Waals surface area contributed by atoms with E-state index < -0.39 is 6.43 Å². The van der Waals surface area contributed by atoms with E-state index in [1.54, 1.807) is 12.1 Å². The van der Waals surface area contributed by atoms with E-state index in [0.29, 0.717) is 11.1 Å². The first kappa shape index (κ1) is 11.9. The Kier molecular flexibility index (Phi) is 2.82. The number of aromatic nitrogens is 1. The number of nitrogens with one attached hydrogen (secondary N) is 1. The number of H-pyrrole nitrogens is 1. The second-order valence-electron chi connectivity index (χ2n) is 4.63. The lowest BCUT2D eigenvalue weighted by Gasteiger charge is -2.04. The molecule has 0 atom stereocenters. The Labute approximate surface area is 109 Å². The predicted molar refractivity (Wildman–Crippen MR) is 73.4 cm³/mol. The smallest absolute Gasteiger partial charge is 0.266 e. The Morgan fingerprint density at radius 3 is 2.32 bits per heavy atom. The molecule has 3 rings (SSSR count). The summed E-state index contributed by atoms with van der Waals surface area (Å²) in [4.78, 5) is 3.10. The second kappa shape index (κ2) is 4.50. The van der Waals surface area contributed by atoms with Crippen LogP contribution in [0.15, 0.2) is 48.5 Å². The fourth-order valence-corrected chi connectivity index (χ4v) is 2.34. The number of hydrogen-bond acceptors (Lipinski definition) is 0. The van der Waals surface area contributed by atoms with E-state index in [-0.39, 0.29) is 5.56 Å². The monoisotopic (exact) mass is 257 g/mol. The van der Waals surface area contributed by atoms with Crippen molar-refractivity contribution in [2.75, 3.05) is 0 Å². The van der Waals surface area contributed by atoms with E-state index in [1.165, 1.54) is 0 Å². The highest BCUT2D eigenvalue weighted by Gasteiger charge is 2.20. The summed E-state index contributed by atoms with van der Waals surface area (Å²) >= 11 is 0. The second-order valence-corrected chi connectivity index (χ2v) is 4.63. The van der Waals surface area contributed by atoms with E-state index >= 15 is 0 Å². The molecule has 0 aliphatic carbocycles. The van der Waals surface area contributed by atoms with Crippen molar-refractivity contribution in [1.82, 2.24) is 4.98 Å². The Morgan fingerprint density at radius 2 is 1.63 bits per heavy atom. The van der Waals surface area contributed by atoms with Crippen LogP contribution in [0, 0.1) is 6.92 Å². The van der Waals surface area contributed by atoms with Crippen LogP contribution in [0.5, 0.6) is 0 Å². The van der Waals surface area contributed by atoms with E-state index in [0.717, 1.165) is 16.6 Å². The molecule has 0 unspecified atom stereocenters. The molecule has 0 bridgehead atoms. The molecule has 0 saturated heterocycles. The first-order chi connectivity index (χ1) is 9.16. The standard InChI is InChI=1S/C16H13F2N/c1-10-6-8-11(9-7-10)15-14(16(17)18)12-4-2-3-5-13(12)19-15/h2-9,16,19H,1H3.